The summed E-state index contributed by atoms with van der Waals surface area (Å²) in [5.41, 5.74) is 5.88. The van der Waals surface area contributed by atoms with E-state index in [0.29, 0.717) is 6.61 Å². The quantitative estimate of drug-likeness (QED) is 0.689. The van der Waals surface area contributed by atoms with E-state index in [9.17, 15) is 4.79 Å². The summed E-state index contributed by atoms with van der Waals surface area (Å²) in [4.78, 5) is 11.7. The molecule has 0 amide bonds. The van der Waals surface area contributed by atoms with Gasteiger partial charge in [0, 0.05) is 6.04 Å². The van der Waals surface area contributed by atoms with Gasteiger partial charge in [-0.2, -0.15) is 0 Å². The summed E-state index contributed by atoms with van der Waals surface area (Å²) in [6.45, 7) is 6.53. The van der Waals surface area contributed by atoms with Gasteiger partial charge in [0.15, 0.2) is 0 Å². The van der Waals surface area contributed by atoms with Crippen LogP contribution in [-0.2, 0) is 9.53 Å². The number of esters is 1. The lowest BCUT2D eigenvalue weighted by Gasteiger charge is -2.39. The van der Waals surface area contributed by atoms with Crippen molar-refractivity contribution in [3.8, 4) is 0 Å². The van der Waals surface area contributed by atoms with Crippen molar-refractivity contribution in [2.45, 2.75) is 46.1 Å². The van der Waals surface area contributed by atoms with Crippen LogP contribution >= 0.6 is 0 Å². The zero-order valence-corrected chi connectivity index (χ0v) is 9.38. The average Bonchev–Trinajstić information content (AvgIpc) is 2.01. The fourth-order valence-corrected chi connectivity index (χ4v) is 2.37. The molecule has 2 N–H and O–H groups in total. The van der Waals surface area contributed by atoms with Crippen molar-refractivity contribution in [3.63, 3.8) is 0 Å². The molecule has 0 aromatic rings. The van der Waals surface area contributed by atoms with Crippen molar-refractivity contribution in [2.75, 3.05) is 6.61 Å². The second kappa shape index (κ2) is 4.30. The highest BCUT2D eigenvalue weighted by atomic mass is 16.5. The van der Waals surface area contributed by atoms with Crippen LogP contribution in [0, 0.1) is 11.3 Å². The van der Waals surface area contributed by atoms with Gasteiger partial charge >= 0.3 is 5.97 Å². The van der Waals surface area contributed by atoms with Crippen LogP contribution in [0.2, 0.25) is 0 Å². The summed E-state index contributed by atoms with van der Waals surface area (Å²) < 4.78 is 5.07. The van der Waals surface area contributed by atoms with Gasteiger partial charge in [-0.3, -0.25) is 4.79 Å². The van der Waals surface area contributed by atoms with E-state index in [0.717, 1.165) is 19.3 Å². The van der Waals surface area contributed by atoms with Crippen LogP contribution < -0.4 is 5.73 Å². The number of nitrogens with two attached hydrogens (primary N) is 1. The highest BCUT2D eigenvalue weighted by molar-refractivity contribution is 5.73. The maximum absolute atomic E-state index is 11.7. The molecule has 1 aliphatic carbocycles. The van der Waals surface area contributed by atoms with E-state index < -0.39 is 0 Å². The van der Waals surface area contributed by atoms with E-state index in [1.54, 1.807) is 0 Å². The minimum absolute atomic E-state index is 0.0100. The normalized spacial score (nSPS) is 31.1. The van der Waals surface area contributed by atoms with E-state index in [4.69, 9.17) is 10.5 Å². The predicted octanol–water partition coefficient (Wildman–Crippen LogP) is 1.70. The van der Waals surface area contributed by atoms with E-state index in [1.807, 2.05) is 6.92 Å². The maximum atomic E-state index is 11.7. The molecule has 82 valence electrons. The molecule has 0 radical (unpaired) electrons. The van der Waals surface area contributed by atoms with Crippen molar-refractivity contribution >= 4 is 5.97 Å². The highest BCUT2D eigenvalue weighted by Crippen LogP contribution is 2.40. The summed E-state index contributed by atoms with van der Waals surface area (Å²) in [7, 11) is 0. The fraction of sp³-hybridized carbons (Fsp3) is 0.909. The van der Waals surface area contributed by atoms with Crippen molar-refractivity contribution in [2.24, 2.45) is 17.1 Å². The number of rotatable bonds is 2. The smallest absolute Gasteiger partial charge is 0.309 e. The largest absolute Gasteiger partial charge is 0.466 e. The minimum atomic E-state index is -0.0515. The average molecular weight is 199 g/mol. The van der Waals surface area contributed by atoms with Gasteiger partial charge in [-0.25, -0.2) is 0 Å². The molecule has 1 fully saturated rings. The molecule has 0 heterocycles. The van der Waals surface area contributed by atoms with Crippen molar-refractivity contribution in [1.82, 2.24) is 0 Å². The minimum Gasteiger partial charge on any atom is -0.466 e. The van der Waals surface area contributed by atoms with E-state index in [1.165, 1.54) is 0 Å². The van der Waals surface area contributed by atoms with Crippen LogP contribution in [-0.4, -0.2) is 18.6 Å². The number of carbonyl (C=O) groups excluding carboxylic acids is 1. The molecule has 3 heteroatoms. The van der Waals surface area contributed by atoms with Gasteiger partial charge in [-0.1, -0.05) is 13.8 Å². The van der Waals surface area contributed by atoms with Crippen molar-refractivity contribution in [3.05, 3.63) is 0 Å². The Balaban J connectivity index is 2.64. The molecule has 1 rings (SSSR count). The molecule has 3 nitrogen and oxygen atoms in total. The first-order valence-electron chi connectivity index (χ1n) is 5.39. The predicted molar refractivity (Wildman–Crippen MR) is 55.7 cm³/mol. The van der Waals surface area contributed by atoms with E-state index >= 15 is 0 Å². The third kappa shape index (κ3) is 2.47. The summed E-state index contributed by atoms with van der Waals surface area (Å²) in [5.74, 6) is -0.0216. The molecular weight excluding hydrogens is 178 g/mol. The molecule has 1 saturated carbocycles. The van der Waals surface area contributed by atoms with Crippen LogP contribution in [0.15, 0.2) is 0 Å². The highest BCUT2D eigenvalue weighted by Gasteiger charge is 2.40. The lowest BCUT2D eigenvalue weighted by Crippen LogP contribution is -2.42. The topological polar surface area (TPSA) is 52.3 Å². The van der Waals surface area contributed by atoms with E-state index in [-0.39, 0.29) is 23.3 Å². The number of hydrogen-bond acceptors (Lipinski definition) is 3. The second-order valence-corrected chi connectivity index (χ2v) is 4.83. The number of hydrogen-bond donors (Lipinski definition) is 1. The number of ether oxygens (including phenoxy) is 1. The van der Waals surface area contributed by atoms with Crippen LogP contribution in [0.25, 0.3) is 0 Å². The summed E-state index contributed by atoms with van der Waals surface area (Å²) in [6.07, 6.45) is 2.72. The molecule has 0 unspecified atom stereocenters. The Hall–Kier alpha value is -0.570. The maximum Gasteiger partial charge on any atom is 0.309 e. The second-order valence-electron chi connectivity index (χ2n) is 4.83. The lowest BCUT2D eigenvalue weighted by atomic mass is 9.67. The number of carbonyl (C=O) groups is 1. The molecule has 0 aromatic carbocycles. The Morgan fingerprint density at radius 3 is 2.64 bits per heavy atom. The van der Waals surface area contributed by atoms with Gasteiger partial charge in [0.2, 0.25) is 0 Å². The first-order chi connectivity index (χ1) is 6.47. The van der Waals surface area contributed by atoms with Crippen LogP contribution in [0.3, 0.4) is 0 Å². The zero-order valence-electron chi connectivity index (χ0n) is 9.38. The van der Waals surface area contributed by atoms with Crippen LogP contribution in [0.1, 0.15) is 40.0 Å². The van der Waals surface area contributed by atoms with Crippen molar-refractivity contribution in [1.29, 1.82) is 0 Å². The van der Waals surface area contributed by atoms with Gasteiger partial charge < -0.3 is 10.5 Å². The summed E-state index contributed by atoms with van der Waals surface area (Å²) >= 11 is 0. The van der Waals surface area contributed by atoms with Gasteiger partial charge in [0.25, 0.3) is 0 Å². The molecule has 2 atom stereocenters. The molecule has 0 saturated heterocycles. The van der Waals surface area contributed by atoms with Gasteiger partial charge in [-0.15, -0.1) is 0 Å². The van der Waals surface area contributed by atoms with Gasteiger partial charge in [-0.05, 0) is 31.6 Å². The van der Waals surface area contributed by atoms with Crippen LogP contribution in [0.5, 0.6) is 0 Å². The molecule has 0 spiro atoms. The Morgan fingerprint density at radius 1 is 1.50 bits per heavy atom. The zero-order chi connectivity index (χ0) is 10.8. The Labute approximate surface area is 86.0 Å². The summed E-state index contributed by atoms with van der Waals surface area (Å²) in [5, 5.41) is 0. The molecule has 0 aromatic heterocycles. The van der Waals surface area contributed by atoms with E-state index in [2.05, 4.69) is 13.8 Å². The Morgan fingerprint density at radius 2 is 2.14 bits per heavy atom. The third-order valence-electron chi connectivity index (χ3n) is 3.13. The lowest BCUT2D eigenvalue weighted by molar-refractivity contribution is -0.154. The monoisotopic (exact) mass is 199 g/mol. The first kappa shape index (κ1) is 11.5. The SMILES string of the molecule is CCOC(=O)[C@H]1CC[C@H](N)CC1(C)C. The first-order valence-corrected chi connectivity index (χ1v) is 5.39. The van der Waals surface area contributed by atoms with Crippen molar-refractivity contribution < 1.29 is 9.53 Å². The summed E-state index contributed by atoms with van der Waals surface area (Å²) in [6, 6.07) is 0.246. The van der Waals surface area contributed by atoms with Gasteiger partial charge in [0.05, 0.1) is 12.5 Å². The molecule has 0 aliphatic heterocycles. The van der Waals surface area contributed by atoms with Gasteiger partial charge in [0.1, 0.15) is 0 Å². The third-order valence-corrected chi connectivity index (χ3v) is 3.13. The van der Waals surface area contributed by atoms with Crippen LogP contribution in [0.4, 0.5) is 0 Å². The molecule has 0 bridgehead atoms. The Kier molecular flexibility index (Phi) is 3.53. The molecule has 1 aliphatic rings. The molecule has 14 heavy (non-hydrogen) atoms. The Bertz CT molecular complexity index is 213. The fourth-order valence-electron chi connectivity index (χ4n) is 2.37. The molecular formula is C11H21NO2. The standard InChI is InChI=1S/C11H21NO2/c1-4-14-10(13)9-6-5-8(12)7-11(9,2)3/h8-9H,4-7,12H2,1-3H3/t8-,9+/m0/s1.